The van der Waals surface area contributed by atoms with Gasteiger partial charge in [0.15, 0.2) is 11.6 Å². The van der Waals surface area contributed by atoms with Crippen LogP contribution < -0.4 is 11.2 Å². The van der Waals surface area contributed by atoms with Gasteiger partial charge in [-0.15, -0.1) is 10.2 Å². The van der Waals surface area contributed by atoms with Gasteiger partial charge in [0.1, 0.15) is 0 Å². The molecule has 2 aromatic rings. The average Bonchev–Trinajstić information content (AvgIpc) is 3.19. The summed E-state index contributed by atoms with van der Waals surface area (Å²) in [6.45, 7) is 5.83. The van der Waals surface area contributed by atoms with Crippen molar-refractivity contribution in [2.45, 2.75) is 13.8 Å². The molecule has 24 heavy (non-hydrogen) atoms. The number of hydrogen-bond acceptors (Lipinski definition) is 8. The van der Waals surface area contributed by atoms with E-state index in [1.54, 1.807) is 16.8 Å². The molecule has 3 heterocycles. The molecule has 3 rings (SSSR count). The summed E-state index contributed by atoms with van der Waals surface area (Å²) in [5.74, 6) is 1.06. The molecule has 9 nitrogen and oxygen atoms in total. The van der Waals surface area contributed by atoms with Gasteiger partial charge in [-0.3, -0.25) is 15.5 Å². The standard InChI is InChI=1S/C14H17N7O2S/c1-3-19(4-2)8-10-9(15)7-12-16-17-14(20(12)18-10)11-5-6-13(24-11)21(22)23/h5-8,18H,3-4,15H2,1-2H3. The molecule has 0 aromatic carbocycles. The third-order valence-corrected chi connectivity index (χ3v) is 4.66. The van der Waals surface area contributed by atoms with Crippen molar-refractivity contribution in [1.29, 1.82) is 0 Å². The molecule has 0 aliphatic carbocycles. The highest BCUT2D eigenvalue weighted by Crippen LogP contribution is 2.32. The van der Waals surface area contributed by atoms with Gasteiger partial charge < -0.3 is 10.6 Å². The first-order chi connectivity index (χ1) is 11.5. The Morgan fingerprint density at radius 2 is 2.17 bits per heavy atom. The van der Waals surface area contributed by atoms with Crippen LogP contribution in [0.4, 0.5) is 5.00 Å². The highest BCUT2D eigenvalue weighted by atomic mass is 32.1. The van der Waals surface area contributed by atoms with E-state index in [-0.39, 0.29) is 5.00 Å². The van der Waals surface area contributed by atoms with Crippen LogP contribution in [0.15, 0.2) is 29.7 Å². The fourth-order valence-electron chi connectivity index (χ4n) is 2.30. The minimum atomic E-state index is -0.418. The predicted octanol–water partition coefficient (Wildman–Crippen LogP) is 1.95. The van der Waals surface area contributed by atoms with Gasteiger partial charge in [-0.1, -0.05) is 11.3 Å². The van der Waals surface area contributed by atoms with Gasteiger partial charge in [0, 0.05) is 31.4 Å². The molecule has 0 unspecified atom stereocenters. The maximum atomic E-state index is 10.9. The number of nitrogens with zero attached hydrogens (tertiary/aromatic N) is 5. The molecular weight excluding hydrogens is 330 g/mol. The van der Waals surface area contributed by atoms with Crippen molar-refractivity contribution in [1.82, 2.24) is 19.8 Å². The molecular formula is C14H17N7O2S. The Morgan fingerprint density at radius 3 is 2.79 bits per heavy atom. The molecule has 0 saturated carbocycles. The quantitative estimate of drug-likeness (QED) is 0.627. The predicted molar refractivity (Wildman–Crippen MR) is 92.5 cm³/mol. The zero-order valence-corrected chi connectivity index (χ0v) is 14.1. The third-order valence-electron chi connectivity index (χ3n) is 3.63. The molecule has 0 amide bonds. The zero-order chi connectivity index (χ0) is 17.3. The highest BCUT2D eigenvalue weighted by molar-refractivity contribution is 7.18. The van der Waals surface area contributed by atoms with Crippen LogP contribution in [0.3, 0.4) is 0 Å². The van der Waals surface area contributed by atoms with Crippen molar-refractivity contribution in [3.05, 3.63) is 45.7 Å². The van der Waals surface area contributed by atoms with Crippen LogP contribution in [0.1, 0.15) is 19.7 Å². The van der Waals surface area contributed by atoms with Gasteiger partial charge >= 0.3 is 5.00 Å². The van der Waals surface area contributed by atoms with Crippen LogP contribution in [0.5, 0.6) is 0 Å². The molecule has 0 atom stereocenters. The molecule has 0 radical (unpaired) electrons. The lowest BCUT2D eigenvalue weighted by molar-refractivity contribution is -0.380. The lowest BCUT2D eigenvalue weighted by atomic mass is 10.2. The summed E-state index contributed by atoms with van der Waals surface area (Å²) in [4.78, 5) is 13.2. The van der Waals surface area contributed by atoms with Crippen molar-refractivity contribution in [3.63, 3.8) is 0 Å². The van der Waals surface area contributed by atoms with Crippen LogP contribution in [-0.4, -0.2) is 37.8 Å². The largest absolute Gasteiger partial charge is 0.397 e. The molecule has 0 fully saturated rings. The van der Waals surface area contributed by atoms with Crippen molar-refractivity contribution < 1.29 is 4.92 Å². The molecule has 1 aliphatic rings. The molecule has 3 N–H and O–H groups in total. The number of thiophene rings is 1. The summed E-state index contributed by atoms with van der Waals surface area (Å²) in [6.07, 6.45) is 3.67. The molecule has 0 bridgehead atoms. The fourth-order valence-corrected chi connectivity index (χ4v) is 3.10. The molecule has 10 heteroatoms. The number of aromatic nitrogens is 3. The summed E-state index contributed by atoms with van der Waals surface area (Å²) in [5, 5.41) is 19.1. The fraction of sp³-hybridized carbons (Fsp3) is 0.286. The lowest BCUT2D eigenvalue weighted by Crippen LogP contribution is -2.28. The van der Waals surface area contributed by atoms with E-state index in [2.05, 4.69) is 34.4 Å². The Labute approximate surface area is 142 Å². The second-order valence-corrected chi connectivity index (χ2v) is 6.15. The zero-order valence-electron chi connectivity index (χ0n) is 13.3. The van der Waals surface area contributed by atoms with Crippen LogP contribution in [0.2, 0.25) is 0 Å². The summed E-state index contributed by atoms with van der Waals surface area (Å²) < 4.78 is 1.68. The van der Waals surface area contributed by atoms with Crippen molar-refractivity contribution in [2.75, 3.05) is 18.5 Å². The van der Waals surface area contributed by atoms with Crippen LogP contribution in [0.25, 0.3) is 16.8 Å². The monoisotopic (exact) mass is 347 g/mol. The van der Waals surface area contributed by atoms with E-state index >= 15 is 0 Å². The Morgan fingerprint density at radius 1 is 1.42 bits per heavy atom. The van der Waals surface area contributed by atoms with Gasteiger partial charge in [-0.25, -0.2) is 4.68 Å². The van der Waals surface area contributed by atoms with Crippen molar-refractivity contribution in [2.24, 2.45) is 5.73 Å². The molecule has 0 saturated heterocycles. The van der Waals surface area contributed by atoms with Crippen LogP contribution in [0, 0.1) is 10.1 Å². The number of rotatable bonds is 5. The van der Waals surface area contributed by atoms with E-state index in [0.717, 1.165) is 30.1 Å². The van der Waals surface area contributed by atoms with Gasteiger partial charge in [0.25, 0.3) is 0 Å². The Kier molecular flexibility index (Phi) is 4.21. The van der Waals surface area contributed by atoms with E-state index in [1.807, 2.05) is 6.20 Å². The minimum absolute atomic E-state index is 0.0622. The highest BCUT2D eigenvalue weighted by Gasteiger charge is 2.22. The van der Waals surface area contributed by atoms with Gasteiger partial charge in [-0.2, -0.15) is 0 Å². The average molecular weight is 347 g/mol. The summed E-state index contributed by atoms with van der Waals surface area (Å²) in [7, 11) is 0. The smallest absolute Gasteiger partial charge is 0.324 e. The number of nitrogens with one attached hydrogen (secondary N) is 1. The second kappa shape index (κ2) is 6.32. The first kappa shape index (κ1) is 16.0. The van der Waals surface area contributed by atoms with E-state index in [9.17, 15) is 10.1 Å². The van der Waals surface area contributed by atoms with Crippen molar-refractivity contribution in [3.8, 4) is 10.7 Å². The number of nitrogens with two attached hydrogens (primary N) is 1. The first-order valence-corrected chi connectivity index (χ1v) is 8.25. The number of hydrogen-bond donors (Lipinski definition) is 2. The van der Waals surface area contributed by atoms with Crippen LogP contribution >= 0.6 is 11.3 Å². The molecule has 126 valence electrons. The van der Waals surface area contributed by atoms with Crippen LogP contribution in [-0.2, 0) is 0 Å². The number of nitro groups is 1. The summed E-state index contributed by atoms with van der Waals surface area (Å²) >= 11 is 1.05. The maximum Gasteiger partial charge on any atom is 0.324 e. The Hall–Kier alpha value is -2.88. The topological polar surface area (TPSA) is 115 Å². The lowest BCUT2D eigenvalue weighted by Gasteiger charge is -2.23. The second-order valence-electron chi connectivity index (χ2n) is 5.09. The van der Waals surface area contributed by atoms with Crippen molar-refractivity contribution >= 4 is 22.4 Å². The molecule has 1 aliphatic heterocycles. The van der Waals surface area contributed by atoms with Gasteiger partial charge in [0.2, 0.25) is 0 Å². The minimum Gasteiger partial charge on any atom is -0.397 e. The van der Waals surface area contributed by atoms with E-state index in [0.29, 0.717) is 22.2 Å². The first-order valence-electron chi connectivity index (χ1n) is 7.44. The Balaban J connectivity index is 1.98. The molecule has 0 spiro atoms. The van der Waals surface area contributed by atoms with Gasteiger partial charge in [0.05, 0.1) is 21.2 Å². The molecule has 2 aromatic heterocycles. The SMILES string of the molecule is CCN(C=C1Nn2c(nnc2-c2ccc([N+](=O)[O-])s2)C=C1N)CC. The van der Waals surface area contributed by atoms with E-state index in [4.69, 9.17) is 5.73 Å². The Bertz CT molecular complexity index is 832. The summed E-state index contributed by atoms with van der Waals surface area (Å²) in [6, 6.07) is 3.12. The van der Waals surface area contributed by atoms with E-state index < -0.39 is 4.92 Å². The summed E-state index contributed by atoms with van der Waals surface area (Å²) in [5.41, 5.74) is 10.6. The maximum absolute atomic E-state index is 10.9. The van der Waals surface area contributed by atoms with Gasteiger partial charge in [-0.05, 0) is 19.9 Å². The third kappa shape index (κ3) is 2.83. The number of fused-ring (bicyclic) bond motifs is 1. The normalized spacial score (nSPS) is 14.9. The van der Waals surface area contributed by atoms with E-state index in [1.165, 1.54) is 6.07 Å².